The zero-order valence-electron chi connectivity index (χ0n) is 11.6. The summed E-state index contributed by atoms with van der Waals surface area (Å²) in [6.07, 6.45) is 1.51. The minimum Gasteiger partial charge on any atom is -0.321 e. The predicted molar refractivity (Wildman–Crippen MR) is 79.4 cm³/mol. The number of carbonyl (C=O) groups excluding carboxylic acids is 3. The number of amides is 3. The lowest BCUT2D eigenvalue weighted by Crippen LogP contribution is -2.60. The van der Waals surface area contributed by atoms with E-state index in [-0.39, 0.29) is 12.5 Å². The number of nitrogens with one attached hydrogen (secondary N) is 1. The second-order valence-corrected chi connectivity index (χ2v) is 6.53. The highest BCUT2D eigenvalue weighted by molar-refractivity contribution is 9.10. The van der Waals surface area contributed by atoms with E-state index >= 15 is 0 Å². The number of halogens is 1. The van der Waals surface area contributed by atoms with E-state index in [1.807, 2.05) is 24.3 Å². The number of rotatable bonds is 2. The average Bonchev–Trinajstić information content (AvgIpc) is 3.24. The molecule has 1 heterocycles. The molecule has 0 spiro atoms. The minimum atomic E-state index is -0.608. The van der Waals surface area contributed by atoms with Gasteiger partial charge in [-0.25, -0.2) is 0 Å². The van der Waals surface area contributed by atoms with Gasteiger partial charge in [0.05, 0.1) is 5.41 Å². The Hall–Kier alpha value is -1.69. The maximum absolute atomic E-state index is 12.9. The van der Waals surface area contributed by atoms with Crippen LogP contribution in [0.3, 0.4) is 0 Å². The van der Waals surface area contributed by atoms with Crippen LogP contribution in [0, 0.1) is 0 Å². The molecule has 1 saturated carbocycles. The standard InChI is InChI=1S/C15H15BrN2O3/c1-9-13(20)17-12(19)8-18(9)14(21)15(6-7-15)10-2-4-11(16)5-3-10/h2-5,9H,6-8H2,1H3,(H,17,19,20). The van der Waals surface area contributed by atoms with E-state index in [2.05, 4.69) is 21.2 Å². The Kier molecular flexibility index (Phi) is 3.36. The zero-order valence-corrected chi connectivity index (χ0v) is 13.1. The van der Waals surface area contributed by atoms with Gasteiger partial charge in [0.25, 0.3) is 0 Å². The van der Waals surface area contributed by atoms with E-state index in [1.165, 1.54) is 4.90 Å². The molecule has 0 aromatic heterocycles. The number of nitrogens with zero attached hydrogens (tertiary/aromatic N) is 1. The van der Waals surface area contributed by atoms with Crippen molar-refractivity contribution in [2.24, 2.45) is 0 Å². The van der Waals surface area contributed by atoms with E-state index in [9.17, 15) is 14.4 Å². The Labute approximate surface area is 130 Å². The summed E-state index contributed by atoms with van der Waals surface area (Å²) in [7, 11) is 0. The van der Waals surface area contributed by atoms with Gasteiger partial charge in [-0.1, -0.05) is 28.1 Å². The van der Waals surface area contributed by atoms with Crippen molar-refractivity contribution in [2.75, 3.05) is 6.54 Å². The van der Waals surface area contributed by atoms with Crippen molar-refractivity contribution in [3.63, 3.8) is 0 Å². The van der Waals surface area contributed by atoms with Gasteiger partial charge in [-0.05, 0) is 37.5 Å². The maximum atomic E-state index is 12.9. The van der Waals surface area contributed by atoms with Crippen molar-refractivity contribution < 1.29 is 14.4 Å². The normalized spacial score (nSPS) is 23.7. The first kappa shape index (κ1) is 14.3. The molecule has 1 aliphatic carbocycles. The van der Waals surface area contributed by atoms with Crippen LogP contribution in [0.1, 0.15) is 25.3 Å². The first-order valence-corrected chi connectivity index (χ1v) is 7.64. The topological polar surface area (TPSA) is 66.5 Å². The number of benzene rings is 1. The fraction of sp³-hybridized carbons (Fsp3) is 0.400. The largest absolute Gasteiger partial charge is 0.321 e. The second kappa shape index (κ2) is 4.94. The lowest BCUT2D eigenvalue weighted by molar-refractivity contribution is -0.150. The van der Waals surface area contributed by atoms with Gasteiger partial charge >= 0.3 is 0 Å². The number of hydrogen-bond donors (Lipinski definition) is 1. The van der Waals surface area contributed by atoms with E-state index in [1.54, 1.807) is 6.92 Å². The third-order valence-electron chi connectivity index (χ3n) is 4.24. The summed E-state index contributed by atoms with van der Waals surface area (Å²) >= 11 is 3.38. The summed E-state index contributed by atoms with van der Waals surface area (Å²) in [5.74, 6) is -0.954. The summed E-state index contributed by atoms with van der Waals surface area (Å²) in [4.78, 5) is 37.5. The lowest BCUT2D eigenvalue weighted by Gasteiger charge is -2.34. The highest BCUT2D eigenvalue weighted by Gasteiger charge is 2.54. The Morgan fingerprint density at radius 1 is 1.29 bits per heavy atom. The molecule has 21 heavy (non-hydrogen) atoms. The molecule has 0 radical (unpaired) electrons. The summed E-state index contributed by atoms with van der Waals surface area (Å²) in [5.41, 5.74) is 0.383. The molecule has 1 N–H and O–H groups in total. The van der Waals surface area contributed by atoms with E-state index in [0.717, 1.165) is 22.9 Å². The Morgan fingerprint density at radius 2 is 1.90 bits per heavy atom. The van der Waals surface area contributed by atoms with E-state index in [0.29, 0.717) is 0 Å². The molecule has 6 heteroatoms. The van der Waals surface area contributed by atoms with Gasteiger partial charge in [0.15, 0.2) is 0 Å². The lowest BCUT2D eigenvalue weighted by atomic mass is 9.93. The van der Waals surface area contributed by atoms with Gasteiger partial charge in [-0.2, -0.15) is 0 Å². The van der Waals surface area contributed by atoms with Crippen LogP contribution < -0.4 is 5.32 Å². The maximum Gasteiger partial charge on any atom is 0.249 e. The van der Waals surface area contributed by atoms with Crippen LogP contribution in [-0.2, 0) is 19.8 Å². The Morgan fingerprint density at radius 3 is 2.48 bits per heavy atom. The molecule has 2 fully saturated rings. The number of hydrogen-bond acceptors (Lipinski definition) is 3. The van der Waals surface area contributed by atoms with Gasteiger partial charge in [-0.3, -0.25) is 19.7 Å². The van der Waals surface area contributed by atoms with Crippen LogP contribution >= 0.6 is 15.9 Å². The third-order valence-corrected chi connectivity index (χ3v) is 4.77. The van der Waals surface area contributed by atoms with Gasteiger partial charge in [-0.15, -0.1) is 0 Å². The highest BCUT2D eigenvalue weighted by atomic mass is 79.9. The number of piperazine rings is 1. The van der Waals surface area contributed by atoms with Gasteiger partial charge in [0, 0.05) is 4.47 Å². The third kappa shape index (κ3) is 2.37. The summed E-state index contributed by atoms with van der Waals surface area (Å²) < 4.78 is 0.954. The molecule has 5 nitrogen and oxygen atoms in total. The molecular weight excluding hydrogens is 336 g/mol. The van der Waals surface area contributed by atoms with Crippen LogP contribution in [0.25, 0.3) is 0 Å². The summed E-state index contributed by atoms with van der Waals surface area (Å²) in [6, 6.07) is 7.04. The van der Waals surface area contributed by atoms with Crippen LogP contribution in [0.2, 0.25) is 0 Å². The molecule has 3 rings (SSSR count). The molecule has 1 aromatic carbocycles. The number of carbonyl (C=O) groups is 3. The van der Waals surface area contributed by atoms with Crippen LogP contribution in [-0.4, -0.2) is 35.2 Å². The van der Waals surface area contributed by atoms with E-state index in [4.69, 9.17) is 0 Å². The van der Waals surface area contributed by atoms with Crippen LogP contribution in [0.4, 0.5) is 0 Å². The summed E-state index contributed by atoms with van der Waals surface area (Å²) in [6.45, 7) is 1.60. The smallest absolute Gasteiger partial charge is 0.249 e. The molecule has 1 unspecified atom stereocenters. The fourth-order valence-electron chi connectivity index (χ4n) is 2.76. The average molecular weight is 351 g/mol. The Bertz CT molecular complexity index is 622. The highest BCUT2D eigenvalue weighted by Crippen LogP contribution is 2.50. The summed E-state index contributed by atoms with van der Waals surface area (Å²) in [5, 5.41) is 2.26. The van der Waals surface area contributed by atoms with Crippen molar-refractivity contribution >= 4 is 33.7 Å². The van der Waals surface area contributed by atoms with E-state index < -0.39 is 23.3 Å². The molecule has 2 aliphatic rings. The van der Waals surface area contributed by atoms with Crippen molar-refractivity contribution in [3.05, 3.63) is 34.3 Å². The fourth-order valence-corrected chi connectivity index (χ4v) is 3.02. The van der Waals surface area contributed by atoms with Crippen molar-refractivity contribution in [3.8, 4) is 0 Å². The first-order chi connectivity index (χ1) is 9.94. The molecule has 0 bridgehead atoms. The second-order valence-electron chi connectivity index (χ2n) is 5.61. The monoisotopic (exact) mass is 350 g/mol. The quantitative estimate of drug-likeness (QED) is 0.818. The predicted octanol–water partition coefficient (Wildman–Crippen LogP) is 1.35. The van der Waals surface area contributed by atoms with Crippen molar-refractivity contribution in [1.29, 1.82) is 0 Å². The zero-order chi connectivity index (χ0) is 15.2. The molecular formula is C15H15BrN2O3. The van der Waals surface area contributed by atoms with Crippen molar-refractivity contribution in [1.82, 2.24) is 10.2 Å². The molecule has 1 aliphatic heterocycles. The van der Waals surface area contributed by atoms with Crippen molar-refractivity contribution in [2.45, 2.75) is 31.2 Å². The van der Waals surface area contributed by atoms with Gasteiger partial charge in [0.2, 0.25) is 17.7 Å². The molecule has 3 amide bonds. The molecule has 1 saturated heterocycles. The molecule has 1 atom stereocenters. The number of imide groups is 1. The van der Waals surface area contributed by atoms with Gasteiger partial charge in [0.1, 0.15) is 12.6 Å². The minimum absolute atomic E-state index is 0.0516. The van der Waals surface area contributed by atoms with Crippen LogP contribution in [0.15, 0.2) is 28.7 Å². The Balaban J connectivity index is 1.89. The first-order valence-electron chi connectivity index (χ1n) is 6.85. The SMILES string of the molecule is CC1C(=O)NC(=O)CN1C(=O)C1(c2ccc(Br)cc2)CC1. The van der Waals surface area contributed by atoms with Gasteiger partial charge < -0.3 is 4.90 Å². The molecule has 1 aromatic rings. The van der Waals surface area contributed by atoms with Crippen LogP contribution in [0.5, 0.6) is 0 Å². The molecule has 110 valence electrons.